The van der Waals surface area contributed by atoms with Gasteiger partial charge < -0.3 is 9.80 Å². The summed E-state index contributed by atoms with van der Waals surface area (Å²) in [5, 5.41) is 1.35. The molecule has 5 nitrogen and oxygen atoms in total. The fourth-order valence-corrected chi connectivity index (χ4v) is 7.85. The lowest BCUT2D eigenvalue weighted by molar-refractivity contribution is 0.0384. The van der Waals surface area contributed by atoms with Gasteiger partial charge in [-0.1, -0.05) is 117 Å². The first-order valence-corrected chi connectivity index (χ1v) is 21.8. The number of likely N-dealkylation sites (tertiary alicyclic amines) is 1. The van der Waals surface area contributed by atoms with Crippen LogP contribution >= 0.6 is 0 Å². The Kier molecular flexibility index (Phi) is 23.1. The summed E-state index contributed by atoms with van der Waals surface area (Å²) in [5.41, 5.74) is 8.16. The zero-order valence-corrected chi connectivity index (χ0v) is 35.9. The summed E-state index contributed by atoms with van der Waals surface area (Å²) in [6.45, 7) is 34.6. The van der Waals surface area contributed by atoms with Gasteiger partial charge in [-0.05, 0) is 107 Å². The Morgan fingerprint density at radius 2 is 1.13 bits per heavy atom. The van der Waals surface area contributed by atoms with Crippen LogP contribution in [-0.4, -0.2) is 90.7 Å². The van der Waals surface area contributed by atoms with Crippen molar-refractivity contribution in [3.63, 3.8) is 0 Å². The SMILES string of the molecule is CC.CC.CCC.CCCCc1ccc(C)cc1.CCCc1ccc2ncc(C)c(N3CCC(N4CCN(C5CCN(CC)CC5)CC4)CC3)c2c1. The fourth-order valence-electron chi connectivity index (χ4n) is 7.85. The number of rotatable bonds is 9. The van der Waals surface area contributed by atoms with Crippen LogP contribution in [0.1, 0.15) is 136 Å². The lowest BCUT2D eigenvalue weighted by atomic mass is 9.98. The predicted molar refractivity (Wildman–Crippen MR) is 232 cm³/mol. The van der Waals surface area contributed by atoms with E-state index in [1.165, 1.54) is 137 Å². The van der Waals surface area contributed by atoms with Crippen molar-refractivity contribution in [2.24, 2.45) is 0 Å². The average Bonchev–Trinajstić information content (AvgIpc) is 3.20. The Morgan fingerprint density at radius 1 is 0.615 bits per heavy atom. The molecule has 0 N–H and O–H groups in total. The summed E-state index contributed by atoms with van der Waals surface area (Å²) >= 11 is 0. The number of aromatic nitrogens is 1. The van der Waals surface area contributed by atoms with E-state index in [2.05, 4.69) is 117 Å². The number of anilines is 1. The van der Waals surface area contributed by atoms with Crippen molar-refractivity contribution in [3.05, 3.63) is 70.9 Å². The third kappa shape index (κ3) is 14.4. The molecule has 0 saturated carbocycles. The zero-order chi connectivity index (χ0) is 38.3. The molecule has 0 bridgehead atoms. The van der Waals surface area contributed by atoms with E-state index in [9.17, 15) is 0 Å². The van der Waals surface area contributed by atoms with Crippen LogP contribution in [0.4, 0.5) is 5.69 Å². The van der Waals surface area contributed by atoms with E-state index < -0.39 is 0 Å². The lowest BCUT2D eigenvalue weighted by Gasteiger charge is -2.46. The summed E-state index contributed by atoms with van der Waals surface area (Å²) in [6.07, 6.45) is 14.8. The number of benzene rings is 2. The van der Waals surface area contributed by atoms with Gasteiger partial charge in [0, 0.05) is 62.9 Å². The van der Waals surface area contributed by atoms with Crippen LogP contribution in [0.2, 0.25) is 0 Å². The Hall–Kier alpha value is -2.47. The number of hydrogen-bond donors (Lipinski definition) is 0. The molecule has 4 heterocycles. The molecule has 0 radical (unpaired) electrons. The van der Waals surface area contributed by atoms with Crippen molar-refractivity contribution in [3.8, 4) is 0 Å². The van der Waals surface area contributed by atoms with E-state index in [0.29, 0.717) is 0 Å². The molecule has 6 rings (SSSR count). The smallest absolute Gasteiger partial charge is 0.0723 e. The van der Waals surface area contributed by atoms with Crippen LogP contribution in [0.15, 0.2) is 48.7 Å². The number of nitrogens with zero attached hydrogens (tertiary/aromatic N) is 5. The number of aryl methyl sites for hydroxylation is 4. The zero-order valence-electron chi connectivity index (χ0n) is 35.9. The van der Waals surface area contributed by atoms with Crippen molar-refractivity contribution in [2.45, 2.75) is 152 Å². The van der Waals surface area contributed by atoms with Gasteiger partial charge in [-0.15, -0.1) is 0 Å². The molecule has 3 aliphatic rings. The second kappa shape index (κ2) is 26.3. The predicted octanol–water partition coefficient (Wildman–Crippen LogP) is 11.4. The molecule has 1 aromatic heterocycles. The van der Waals surface area contributed by atoms with E-state index in [1.54, 1.807) is 0 Å². The Labute approximate surface area is 322 Å². The number of fused-ring (bicyclic) bond motifs is 1. The number of piperidine rings is 2. The molecule has 0 aliphatic carbocycles. The molecular weight excluding hydrogens is 635 g/mol. The van der Waals surface area contributed by atoms with Gasteiger partial charge >= 0.3 is 0 Å². The summed E-state index contributed by atoms with van der Waals surface area (Å²) < 4.78 is 0. The molecule has 2 aromatic carbocycles. The number of piperazine rings is 1. The van der Waals surface area contributed by atoms with Gasteiger partial charge in [0.05, 0.1) is 11.2 Å². The van der Waals surface area contributed by atoms with Gasteiger partial charge in [0.2, 0.25) is 0 Å². The van der Waals surface area contributed by atoms with Crippen molar-refractivity contribution in [1.82, 2.24) is 19.7 Å². The molecule has 3 fully saturated rings. The lowest BCUT2D eigenvalue weighted by Crippen LogP contribution is -2.56. The normalized spacial score (nSPS) is 17.5. The standard InChI is InChI=1S/C29H45N5.C11H16.C3H8.2C2H6/c1-4-6-24-7-8-28-27(21-24)29(23(3)22-30-28)34-15-11-26(12-16-34)33-19-17-32(18-20-33)25-9-13-31(5-2)14-10-25;1-3-4-5-11-8-6-10(2)7-9-11;1-3-2;2*1-2/h7-8,21-22,25-26H,4-6,9-20H2,1-3H3;6-9H,3-5H2,1-2H3;3H2,1-2H3;2*1-2H3. The van der Waals surface area contributed by atoms with Crippen LogP contribution in [0.25, 0.3) is 10.9 Å². The van der Waals surface area contributed by atoms with Crippen LogP contribution < -0.4 is 4.90 Å². The number of hydrogen-bond acceptors (Lipinski definition) is 5. The molecule has 3 saturated heterocycles. The molecule has 5 heteroatoms. The molecule has 0 amide bonds. The topological polar surface area (TPSA) is 25.9 Å². The number of unbranched alkanes of at least 4 members (excludes halogenated alkanes) is 1. The van der Waals surface area contributed by atoms with Gasteiger partial charge in [0.25, 0.3) is 0 Å². The van der Waals surface area contributed by atoms with Crippen LogP contribution in [0.3, 0.4) is 0 Å². The van der Waals surface area contributed by atoms with Gasteiger partial charge in [0.15, 0.2) is 0 Å². The first kappa shape index (κ1) is 45.7. The minimum absolute atomic E-state index is 0.754. The highest BCUT2D eigenvalue weighted by Crippen LogP contribution is 2.33. The average molecular weight is 716 g/mol. The second-order valence-electron chi connectivity index (χ2n) is 14.6. The summed E-state index contributed by atoms with van der Waals surface area (Å²) in [7, 11) is 0. The highest BCUT2D eigenvalue weighted by molar-refractivity contribution is 5.93. The van der Waals surface area contributed by atoms with E-state index in [4.69, 9.17) is 4.98 Å². The highest BCUT2D eigenvalue weighted by Gasteiger charge is 2.31. The maximum atomic E-state index is 4.74. The van der Waals surface area contributed by atoms with Gasteiger partial charge in [0.1, 0.15) is 0 Å². The summed E-state index contributed by atoms with van der Waals surface area (Å²) in [5.74, 6) is 0. The molecule has 294 valence electrons. The second-order valence-corrected chi connectivity index (χ2v) is 14.6. The molecular formula is C47H81N5. The molecule has 0 spiro atoms. The minimum atomic E-state index is 0.754. The molecule has 0 unspecified atom stereocenters. The van der Waals surface area contributed by atoms with Crippen molar-refractivity contribution >= 4 is 16.6 Å². The monoisotopic (exact) mass is 716 g/mol. The van der Waals surface area contributed by atoms with E-state index in [0.717, 1.165) is 37.1 Å². The summed E-state index contributed by atoms with van der Waals surface area (Å²) in [4.78, 5) is 15.6. The Balaban J connectivity index is 0.000000435. The molecule has 3 aromatic rings. The largest absolute Gasteiger partial charge is 0.371 e. The fraction of sp³-hybridized carbons (Fsp3) is 0.681. The van der Waals surface area contributed by atoms with E-state index >= 15 is 0 Å². The van der Waals surface area contributed by atoms with Gasteiger partial charge in [-0.25, -0.2) is 0 Å². The minimum Gasteiger partial charge on any atom is -0.371 e. The molecule has 52 heavy (non-hydrogen) atoms. The van der Waals surface area contributed by atoms with E-state index in [1.807, 2.05) is 27.7 Å². The maximum absolute atomic E-state index is 4.74. The number of pyridine rings is 1. The van der Waals surface area contributed by atoms with Gasteiger partial charge in [-0.2, -0.15) is 0 Å². The van der Waals surface area contributed by atoms with Crippen molar-refractivity contribution in [1.29, 1.82) is 0 Å². The van der Waals surface area contributed by atoms with Crippen LogP contribution in [0, 0.1) is 13.8 Å². The highest BCUT2D eigenvalue weighted by atomic mass is 15.3. The van der Waals surface area contributed by atoms with Gasteiger partial charge in [-0.3, -0.25) is 14.8 Å². The van der Waals surface area contributed by atoms with Crippen LogP contribution in [0.5, 0.6) is 0 Å². The maximum Gasteiger partial charge on any atom is 0.0723 e. The first-order chi connectivity index (χ1) is 25.4. The molecule has 0 atom stereocenters. The third-order valence-electron chi connectivity index (χ3n) is 10.7. The van der Waals surface area contributed by atoms with Crippen LogP contribution in [-0.2, 0) is 12.8 Å². The quantitative estimate of drug-likeness (QED) is 0.220. The van der Waals surface area contributed by atoms with Crippen molar-refractivity contribution < 1.29 is 0 Å². The first-order valence-electron chi connectivity index (χ1n) is 21.8. The molecule has 3 aliphatic heterocycles. The summed E-state index contributed by atoms with van der Waals surface area (Å²) in [6, 6.07) is 17.3. The van der Waals surface area contributed by atoms with Crippen molar-refractivity contribution in [2.75, 3.05) is 63.8 Å². The Morgan fingerprint density at radius 3 is 1.63 bits per heavy atom. The third-order valence-corrected chi connectivity index (χ3v) is 10.7. The van der Waals surface area contributed by atoms with E-state index in [-0.39, 0.29) is 0 Å². The Bertz CT molecular complexity index is 1310.